The molecule has 0 saturated carbocycles. The van der Waals surface area contributed by atoms with Crippen molar-refractivity contribution < 1.29 is 14.3 Å². The summed E-state index contributed by atoms with van der Waals surface area (Å²) in [5.74, 6) is 0.973. The number of amides is 1. The number of thiophene rings is 1. The minimum Gasteiger partial charge on any atom is -0.469 e. The van der Waals surface area contributed by atoms with Gasteiger partial charge in [-0.05, 0) is 31.2 Å². The van der Waals surface area contributed by atoms with Gasteiger partial charge in [-0.2, -0.15) is 0 Å². The van der Waals surface area contributed by atoms with Crippen LogP contribution < -0.4 is 0 Å². The maximum Gasteiger partial charge on any atom is 0.308 e. The number of ether oxygens (including phenoxy) is 1. The van der Waals surface area contributed by atoms with Crippen LogP contribution in [0.25, 0.3) is 10.7 Å². The fraction of sp³-hybridized carbons (Fsp3) is 0.529. The van der Waals surface area contributed by atoms with Crippen LogP contribution in [0, 0.1) is 5.92 Å². The SMILES string of the molecule is CCn1c(SCC(=O)N2CCC(C(=O)OC)CC2)nnc1-c1cccs1. The number of aromatic nitrogens is 3. The van der Waals surface area contributed by atoms with Gasteiger partial charge < -0.3 is 14.2 Å². The van der Waals surface area contributed by atoms with E-state index in [-0.39, 0.29) is 17.8 Å². The smallest absolute Gasteiger partial charge is 0.308 e. The normalized spacial score (nSPS) is 15.2. The van der Waals surface area contributed by atoms with E-state index >= 15 is 0 Å². The first-order valence-corrected chi connectivity index (χ1v) is 10.5. The summed E-state index contributed by atoms with van der Waals surface area (Å²) in [7, 11) is 1.41. The fourth-order valence-electron chi connectivity index (χ4n) is 3.02. The third-order valence-corrected chi connectivity index (χ3v) is 6.30. The molecule has 0 spiro atoms. The average molecular weight is 395 g/mol. The number of likely N-dealkylation sites (tertiary alicyclic amines) is 1. The lowest BCUT2D eigenvalue weighted by molar-refractivity contribution is -0.148. The molecule has 1 aliphatic rings. The summed E-state index contributed by atoms with van der Waals surface area (Å²) in [5, 5.41) is 11.3. The first-order chi connectivity index (χ1) is 12.6. The molecular weight excluding hydrogens is 372 g/mol. The summed E-state index contributed by atoms with van der Waals surface area (Å²) in [6, 6.07) is 4.01. The van der Waals surface area contributed by atoms with Gasteiger partial charge in [0.1, 0.15) is 0 Å². The fourth-order valence-corrected chi connectivity index (χ4v) is 4.64. The lowest BCUT2D eigenvalue weighted by Gasteiger charge is -2.30. The number of carbonyl (C=O) groups is 2. The molecule has 0 aliphatic carbocycles. The minimum absolute atomic E-state index is 0.0710. The summed E-state index contributed by atoms with van der Waals surface area (Å²) in [4.78, 5) is 27.0. The maximum absolute atomic E-state index is 12.5. The number of rotatable bonds is 6. The zero-order valence-electron chi connectivity index (χ0n) is 14.9. The second-order valence-corrected chi connectivity index (χ2v) is 7.88. The highest BCUT2D eigenvalue weighted by Gasteiger charge is 2.28. The molecule has 140 valence electrons. The molecule has 0 bridgehead atoms. The van der Waals surface area contributed by atoms with Gasteiger partial charge in [0.05, 0.1) is 23.7 Å². The van der Waals surface area contributed by atoms with Crippen molar-refractivity contribution in [2.75, 3.05) is 26.0 Å². The van der Waals surface area contributed by atoms with Crippen molar-refractivity contribution in [2.24, 2.45) is 5.92 Å². The second kappa shape index (κ2) is 8.68. The Kier molecular flexibility index (Phi) is 6.31. The Bertz CT molecular complexity index is 752. The van der Waals surface area contributed by atoms with Crippen molar-refractivity contribution in [3.8, 4) is 10.7 Å². The molecule has 1 amide bonds. The van der Waals surface area contributed by atoms with Gasteiger partial charge >= 0.3 is 5.97 Å². The molecule has 2 aromatic rings. The zero-order valence-corrected chi connectivity index (χ0v) is 16.5. The number of esters is 1. The Morgan fingerprint density at radius 3 is 2.73 bits per heavy atom. The standard InChI is InChI=1S/C17H22N4O3S2/c1-3-21-15(13-5-4-10-25-13)18-19-17(21)26-11-14(22)20-8-6-12(7-9-20)16(23)24-2/h4-5,10,12H,3,6-9,11H2,1-2H3. The molecule has 0 atom stereocenters. The van der Waals surface area contributed by atoms with Crippen LogP contribution in [0.3, 0.4) is 0 Å². The van der Waals surface area contributed by atoms with Crippen LogP contribution >= 0.6 is 23.1 Å². The predicted octanol–water partition coefficient (Wildman–Crippen LogP) is 2.53. The van der Waals surface area contributed by atoms with Crippen LogP contribution in [-0.4, -0.2) is 57.5 Å². The van der Waals surface area contributed by atoms with Crippen LogP contribution in [-0.2, 0) is 20.9 Å². The third kappa shape index (κ3) is 4.09. The number of nitrogens with zero attached hydrogens (tertiary/aromatic N) is 4. The molecule has 1 fully saturated rings. The molecule has 0 N–H and O–H groups in total. The monoisotopic (exact) mass is 394 g/mol. The Morgan fingerprint density at radius 2 is 2.12 bits per heavy atom. The maximum atomic E-state index is 12.5. The molecule has 3 heterocycles. The van der Waals surface area contributed by atoms with Gasteiger partial charge in [-0.3, -0.25) is 9.59 Å². The highest BCUT2D eigenvalue weighted by atomic mass is 32.2. The summed E-state index contributed by atoms with van der Waals surface area (Å²) in [6.45, 7) is 3.99. The number of piperidine rings is 1. The van der Waals surface area contributed by atoms with Crippen LogP contribution in [0.2, 0.25) is 0 Å². The number of methoxy groups -OCH3 is 1. The highest BCUT2D eigenvalue weighted by molar-refractivity contribution is 7.99. The Labute approximate surface area is 160 Å². The third-order valence-electron chi connectivity index (χ3n) is 4.48. The predicted molar refractivity (Wildman–Crippen MR) is 101 cm³/mol. The second-order valence-electron chi connectivity index (χ2n) is 5.99. The van der Waals surface area contributed by atoms with E-state index in [1.165, 1.54) is 18.9 Å². The molecule has 0 unspecified atom stereocenters. The van der Waals surface area contributed by atoms with E-state index in [2.05, 4.69) is 10.2 Å². The van der Waals surface area contributed by atoms with Gasteiger partial charge in [0, 0.05) is 19.6 Å². The first-order valence-electron chi connectivity index (χ1n) is 8.59. The molecule has 26 heavy (non-hydrogen) atoms. The Balaban J connectivity index is 1.56. The van der Waals surface area contributed by atoms with E-state index in [0.717, 1.165) is 22.4 Å². The average Bonchev–Trinajstić information content (AvgIpc) is 3.34. The largest absolute Gasteiger partial charge is 0.469 e. The molecule has 3 rings (SSSR count). The molecule has 0 aromatic carbocycles. The Hall–Kier alpha value is -1.87. The number of hydrogen-bond acceptors (Lipinski definition) is 7. The van der Waals surface area contributed by atoms with Crippen molar-refractivity contribution in [3.63, 3.8) is 0 Å². The number of hydrogen-bond donors (Lipinski definition) is 0. The van der Waals surface area contributed by atoms with E-state index in [4.69, 9.17) is 4.74 Å². The van der Waals surface area contributed by atoms with Crippen molar-refractivity contribution >= 4 is 35.0 Å². The lowest BCUT2D eigenvalue weighted by Crippen LogP contribution is -2.41. The number of carbonyl (C=O) groups excluding carboxylic acids is 2. The summed E-state index contributed by atoms with van der Waals surface area (Å²) in [6.07, 6.45) is 1.33. The summed E-state index contributed by atoms with van der Waals surface area (Å²) in [5.41, 5.74) is 0. The summed E-state index contributed by atoms with van der Waals surface area (Å²) >= 11 is 3.04. The van der Waals surface area contributed by atoms with E-state index in [9.17, 15) is 9.59 Å². The molecule has 7 nitrogen and oxygen atoms in total. The van der Waals surface area contributed by atoms with Crippen LogP contribution in [0.4, 0.5) is 0 Å². The van der Waals surface area contributed by atoms with E-state index in [1.807, 2.05) is 33.9 Å². The highest BCUT2D eigenvalue weighted by Crippen LogP contribution is 2.27. The van der Waals surface area contributed by atoms with Crippen molar-refractivity contribution in [1.29, 1.82) is 0 Å². The van der Waals surface area contributed by atoms with Crippen LogP contribution in [0.15, 0.2) is 22.7 Å². The van der Waals surface area contributed by atoms with Gasteiger partial charge in [-0.15, -0.1) is 21.5 Å². The summed E-state index contributed by atoms with van der Waals surface area (Å²) < 4.78 is 6.82. The Morgan fingerprint density at radius 1 is 1.35 bits per heavy atom. The topological polar surface area (TPSA) is 77.3 Å². The van der Waals surface area contributed by atoms with Crippen LogP contribution in [0.5, 0.6) is 0 Å². The van der Waals surface area contributed by atoms with Crippen molar-refractivity contribution in [1.82, 2.24) is 19.7 Å². The molecule has 2 aromatic heterocycles. The molecule has 1 aliphatic heterocycles. The van der Waals surface area contributed by atoms with E-state index < -0.39 is 0 Å². The van der Waals surface area contributed by atoms with Gasteiger partial charge in [0.25, 0.3) is 0 Å². The lowest BCUT2D eigenvalue weighted by atomic mass is 9.97. The minimum atomic E-state index is -0.177. The van der Waals surface area contributed by atoms with Gasteiger partial charge in [0.15, 0.2) is 11.0 Å². The van der Waals surface area contributed by atoms with Gasteiger partial charge in [-0.25, -0.2) is 0 Å². The van der Waals surface area contributed by atoms with E-state index in [1.54, 1.807) is 11.3 Å². The molecule has 9 heteroatoms. The van der Waals surface area contributed by atoms with Gasteiger partial charge in [0.2, 0.25) is 5.91 Å². The van der Waals surface area contributed by atoms with Gasteiger partial charge in [-0.1, -0.05) is 17.8 Å². The molecular formula is C17H22N4O3S2. The quantitative estimate of drug-likeness (QED) is 0.553. The van der Waals surface area contributed by atoms with E-state index in [0.29, 0.717) is 31.7 Å². The van der Waals surface area contributed by atoms with Crippen molar-refractivity contribution in [3.05, 3.63) is 17.5 Å². The van der Waals surface area contributed by atoms with Crippen LogP contribution in [0.1, 0.15) is 19.8 Å². The number of thioether (sulfide) groups is 1. The molecule has 1 saturated heterocycles. The first kappa shape index (κ1) is 18.9. The molecule has 0 radical (unpaired) electrons. The zero-order chi connectivity index (χ0) is 18.5. The van der Waals surface area contributed by atoms with Crippen molar-refractivity contribution in [2.45, 2.75) is 31.5 Å².